The van der Waals surface area contributed by atoms with Crippen molar-refractivity contribution in [2.24, 2.45) is 0 Å². The van der Waals surface area contributed by atoms with E-state index < -0.39 is 0 Å². The highest BCUT2D eigenvalue weighted by atomic mass is 35.5. The van der Waals surface area contributed by atoms with E-state index in [1.54, 1.807) is 0 Å². The van der Waals surface area contributed by atoms with E-state index in [-0.39, 0.29) is 6.26 Å². The molecular formula is C16H27BClN. The molecule has 19 heavy (non-hydrogen) atoms. The van der Waals surface area contributed by atoms with Crippen molar-refractivity contribution in [2.75, 3.05) is 0 Å². The van der Waals surface area contributed by atoms with Gasteiger partial charge in [0.05, 0.1) is 0 Å². The van der Waals surface area contributed by atoms with Crippen molar-refractivity contribution in [1.82, 2.24) is 4.81 Å². The monoisotopic (exact) mass is 279 g/mol. The number of hydrogen-bond donors (Lipinski definition) is 0. The Morgan fingerprint density at radius 2 is 2.00 bits per heavy atom. The third-order valence-corrected chi connectivity index (χ3v) is 4.12. The summed E-state index contributed by atoms with van der Waals surface area (Å²) in [6.07, 6.45) is 12.3. The molecule has 0 heterocycles. The van der Waals surface area contributed by atoms with E-state index in [2.05, 4.69) is 57.3 Å². The maximum absolute atomic E-state index is 6.68. The Balaban J connectivity index is 2.61. The average Bonchev–Trinajstić information content (AvgIpc) is 2.77. The Hall–Kier alpha value is -0.465. The Morgan fingerprint density at radius 3 is 2.53 bits per heavy atom. The summed E-state index contributed by atoms with van der Waals surface area (Å²) in [6, 6.07) is 0.934. The van der Waals surface area contributed by atoms with Crippen LogP contribution in [-0.2, 0) is 0 Å². The SMILES string of the molecule is C=CCCCC1=CC(B(Cl)N(C(C)C)C(C)C)C=C1. The second-order valence-corrected chi connectivity index (χ2v) is 6.31. The molecule has 0 amide bonds. The third-order valence-electron chi connectivity index (χ3n) is 3.61. The number of hydrogen-bond acceptors (Lipinski definition) is 1. The van der Waals surface area contributed by atoms with Crippen molar-refractivity contribution in [3.8, 4) is 0 Å². The quantitative estimate of drug-likeness (QED) is 0.341. The molecule has 3 heteroatoms. The summed E-state index contributed by atoms with van der Waals surface area (Å²) in [5.41, 5.74) is 1.42. The lowest BCUT2D eigenvalue weighted by Gasteiger charge is -2.34. The second-order valence-electron chi connectivity index (χ2n) is 5.87. The van der Waals surface area contributed by atoms with E-state index in [1.807, 2.05) is 6.08 Å². The first-order chi connectivity index (χ1) is 8.97. The normalized spacial score (nSPS) is 18.5. The van der Waals surface area contributed by atoms with Gasteiger partial charge in [0.15, 0.2) is 0 Å². The van der Waals surface area contributed by atoms with Crippen molar-refractivity contribution in [3.05, 3.63) is 36.5 Å². The average molecular weight is 280 g/mol. The van der Waals surface area contributed by atoms with Gasteiger partial charge >= 0.3 is 6.26 Å². The van der Waals surface area contributed by atoms with E-state index in [4.69, 9.17) is 11.5 Å². The van der Waals surface area contributed by atoms with Gasteiger partial charge in [0.1, 0.15) is 0 Å². The van der Waals surface area contributed by atoms with Gasteiger partial charge in [-0.15, -0.1) is 6.58 Å². The minimum absolute atomic E-state index is 0.0492. The van der Waals surface area contributed by atoms with Crippen LogP contribution < -0.4 is 0 Å². The first-order valence-electron chi connectivity index (χ1n) is 7.38. The molecule has 0 saturated carbocycles. The Bertz CT molecular complexity index is 339. The van der Waals surface area contributed by atoms with Gasteiger partial charge in [0.25, 0.3) is 0 Å². The highest BCUT2D eigenvalue weighted by Crippen LogP contribution is 2.31. The highest BCUT2D eigenvalue weighted by Gasteiger charge is 2.32. The molecular weight excluding hydrogens is 252 g/mol. The number of rotatable bonds is 8. The van der Waals surface area contributed by atoms with Gasteiger partial charge in [0.2, 0.25) is 0 Å². The van der Waals surface area contributed by atoms with Crippen LogP contribution in [0.5, 0.6) is 0 Å². The van der Waals surface area contributed by atoms with Gasteiger partial charge in [0, 0.05) is 5.82 Å². The molecule has 0 saturated heterocycles. The minimum atomic E-state index is 0.0492. The zero-order chi connectivity index (χ0) is 14.4. The number of halogens is 1. The lowest BCUT2D eigenvalue weighted by atomic mass is 9.70. The van der Waals surface area contributed by atoms with Crippen molar-refractivity contribution in [2.45, 2.75) is 64.9 Å². The molecule has 0 spiro atoms. The first-order valence-corrected chi connectivity index (χ1v) is 7.82. The molecule has 0 fully saturated rings. The second kappa shape index (κ2) is 7.96. The number of nitrogens with zero attached hydrogens (tertiary/aromatic N) is 1. The third kappa shape index (κ3) is 4.85. The largest absolute Gasteiger partial charge is 0.342 e. The number of unbranched alkanes of at least 4 members (excludes halogenated alkanes) is 1. The standard InChI is InChI=1S/C16H27BClN/c1-6-7-8-9-15-10-11-16(12-15)17(18)19(13(2)3)14(4)5/h6,10-14,16H,1,7-9H2,2-5H3. The molecule has 1 unspecified atom stereocenters. The molecule has 0 aromatic carbocycles. The lowest BCUT2D eigenvalue weighted by molar-refractivity contribution is 0.307. The van der Waals surface area contributed by atoms with Gasteiger partial charge in [-0.25, -0.2) is 0 Å². The molecule has 1 aliphatic carbocycles. The van der Waals surface area contributed by atoms with Crippen LogP contribution in [0.3, 0.4) is 0 Å². The fourth-order valence-corrected chi connectivity index (χ4v) is 3.35. The molecule has 1 nitrogen and oxygen atoms in total. The van der Waals surface area contributed by atoms with Crippen molar-refractivity contribution in [3.63, 3.8) is 0 Å². The molecule has 1 atom stereocenters. The van der Waals surface area contributed by atoms with Gasteiger partial charge in [-0.2, -0.15) is 11.5 Å². The zero-order valence-electron chi connectivity index (χ0n) is 12.8. The molecule has 0 radical (unpaired) electrons. The maximum atomic E-state index is 6.68. The fourth-order valence-electron chi connectivity index (χ4n) is 2.75. The van der Waals surface area contributed by atoms with E-state index in [0.717, 1.165) is 12.8 Å². The van der Waals surface area contributed by atoms with E-state index in [9.17, 15) is 0 Å². The van der Waals surface area contributed by atoms with Crippen LogP contribution in [0.1, 0.15) is 47.0 Å². The van der Waals surface area contributed by atoms with Gasteiger partial charge in [-0.1, -0.05) is 57.6 Å². The van der Waals surface area contributed by atoms with Crippen LogP contribution in [0.2, 0.25) is 5.82 Å². The molecule has 106 valence electrons. The lowest BCUT2D eigenvalue weighted by Crippen LogP contribution is -2.47. The van der Waals surface area contributed by atoms with Crippen LogP contribution in [0.25, 0.3) is 0 Å². The minimum Gasteiger partial charge on any atom is -0.323 e. The summed E-state index contributed by atoms with van der Waals surface area (Å²) < 4.78 is 0. The molecule has 0 bridgehead atoms. The van der Waals surface area contributed by atoms with Gasteiger partial charge in [-0.3, -0.25) is 0 Å². The van der Waals surface area contributed by atoms with E-state index in [0.29, 0.717) is 17.9 Å². The number of allylic oxidation sites excluding steroid dienone is 5. The van der Waals surface area contributed by atoms with Crippen LogP contribution in [0.15, 0.2) is 36.5 Å². The molecule has 1 rings (SSSR count). The Morgan fingerprint density at radius 1 is 1.37 bits per heavy atom. The van der Waals surface area contributed by atoms with Crippen molar-refractivity contribution < 1.29 is 0 Å². The van der Waals surface area contributed by atoms with Gasteiger partial charge in [-0.05, 0) is 31.3 Å². The smallest absolute Gasteiger partial charge is 0.323 e. The van der Waals surface area contributed by atoms with Crippen molar-refractivity contribution >= 4 is 17.7 Å². The van der Waals surface area contributed by atoms with E-state index >= 15 is 0 Å². The van der Waals surface area contributed by atoms with Crippen LogP contribution >= 0.6 is 11.5 Å². The molecule has 0 N–H and O–H groups in total. The topological polar surface area (TPSA) is 3.24 Å². The predicted molar refractivity (Wildman–Crippen MR) is 88.7 cm³/mol. The molecule has 1 aliphatic rings. The highest BCUT2D eigenvalue weighted by molar-refractivity contribution is 7.06. The van der Waals surface area contributed by atoms with Gasteiger partial charge < -0.3 is 4.81 Å². The Labute approximate surface area is 124 Å². The summed E-state index contributed by atoms with van der Waals surface area (Å²) in [4.78, 5) is 2.37. The maximum Gasteiger partial charge on any atom is 0.342 e. The predicted octanol–water partition coefficient (Wildman–Crippen LogP) is 5.05. The summed E-state index contributed by atoms with van der Waals surface area (Å²) in [5.74, 6) is 0.338. The fraction of sp³-hybridized carbons (Fsp3) is 0.625. The first kappa shape index (κ1) is 16.6. The summed E-state index contributed by atoms with van der Waals surface area (Å²) in [7, 11) is 0. The summed E-state index contributed by atoms with van der Waals surface area (Å²) in [5, 5.41) is 0. The molecule has 0 aromatic heterocycles. The van der Waals surface area contributed by atoms with Crippen LogP contribution in [0.4, 0.5) is 0 Å². The molecule has 0 aromatic rings. The Kier molecular flexibility index (Phi) is 6.95. The van der Waals surface area contributed by atoms with Crippen LogP contribution in [0, 0.1) is 0 Å². The van der Waals surface area contributed by atoms with Crippen LogP contribution in [-0.4, -0.2) is 23.2 Å². The molecule has 0 aliphatic heterocycles. The summed E-state index contributed by atoms with van der Waals surface area (Å²) in [6.45, 7) is 12.6. The summed E-state index contributed by atoms with van der Waals surface area (Å²) >= 11 is 6.68. The zero-order valence-corrected chi connectivity index (χ0v) is 13.5. The van der Waals surface area contributed by atoms with Crippen molar-refractivity contribution in [1.29, 1.82) is 0 Å². The van der Waals surface area contributed by atoms with E-state index in [1.165, 1.54) is 12.0 Å².